The second-order valence-electron chi connectivity index (χ2n) is 9.54. The summed E-state index contributed by atoms with van der Waals surface area (Å²) in [6, 6.07) is 11.3. The largest absolute Gasteiger partial charge is 0.477 e. The summed E-state index contributed by atoms with van der Waals surface area (Å²) in [6.07, 6.45) is 1.69. The van der Waals surface area contributed by atoms with Crippen LogP contribution in [0.3, 0.4) is 0 Å². The minimum atomic E-state index is -1.15. The van der Waals surface area contributed by atoms with Gasteiger partial charge in [-0.05, 0) is 69.5 Å². The van der Waals surface area contributed by atoms with E-state index in [1.165, 1.54) is 17.7 Å². The molecule has 4 rings (SSSR count). The number of H-pyrrole nitrogens is 1. The summed E-state index contributed by atoms with van der Waals surface area (Å²) >= 11 is 0. The molecule has 0 aliphatic heterocycles. The van der Waals surface area contributed by atoms with E-state index in [-0.39, 0.29) is 16.8 Å². The second-order valence-corrected chi connectivity index (χ2v) is 9.54. The molecule has 0 spiro atoms. The molecule has 2 heterocycles. The lowest BCUT2D eigenvalue weighted by molar-refractivity contribution is -0.340. The second kappa shape index (κ2) is 9.29. The molecular weight excluding hydrogens is 460 g/mol. The lowest BCUT2D eigenvalue weighted by atomic mass is 9.93. The Labute approximate surface area is 209 Å². The van der Waals surface area contributed by atoms with Gasteiger partial charge in [-0.15, -0.1) is 0 Å². The van der Waals surface area contributed by atoms with E-state index in [0.29, 0.717) is 22.3 Å². The highest BCUT2D eigenvalue weighted by Gasteiger charge is 2.26. The van der Waals surface area contributed by atoms with Crippen molar-refractivity contribution in [3.63, 3.8) is 0 Å². The number of aromatic nitrogens is 2. The Bertz CT molecular complexity index is 1520. The number of carboxylic acids is 1. The van der Waals surface area contributed by atoms with E-state index in [0.717, 1.165) is 28.0 Å². The summed E-state index contributed by atoms with van der Waals surface area (Å²) in [6.45, 7) is 9.78. The number of hydrogen-bond donors (Lipinski definition) is 2. The number of hydrogen-bond acceptors (Lipinski definition) is 5. The Morgan fingerprint density at radius 1 is 1.03 bits per heavy atom. The molecule has 0 bridgehead atoms. The monoisotopic (exact) mass is 490 g/mol. The fraction of sp³-hybridized carbons (Fsp3) is 0.286. The quantitative estimate of drug-likeness (QED) is 0.252. The zero-order valence-electron chi connectivity index (χ0n) is 21.5. The van der Waals surface area contributed by atoms with Crippen LogP contribution in [0, 0.1) is 20.8 Å². The molecular formula is C28H30N2O6. The van der Waals surface area contributed by atoms with Gasteiger partial charge < -0.3 is 19.4 Å². The first-order chi connectivity index (χ1) is 16.9. The number of carboxylic acid groups (broad SMARTS) is 1. The molecule has 0 unspecified atom stereocenters. The van der Waals surface area contributed by atoms with Crippen molar-refractivity contribution >= 4 is 16.9 Å². The molecule has 2 aromatic carbocycles. The number of aromatic amines is 1. The zero-order chi connectivity index (χ0) is 26.4. The average Bonchev–Trinajstić information content (AvgIpc) is 3.25. The van der Waals surface area contributed by atoms with Crippen LogP contribution in [-0.4, -0.2) is 27.7 Å². The minimum absolute atomic E-state index is 0.0681. The third kappa shape index (κ3) is 4.53. The van der Waals surface area contributed by atoms with E-state index in [1.807, 2.05) is 52.8 Å². The predicted molar refractivity (Wildman–Crippen MR) is 138 cm³/mol. The van der Waals surface area contributed by atoms with Crippen molar-refractivity contribution in [3.05, 3.63) is 80.9 Å². The van der Waals surface area contributed by atoms with Crippen LogP contribution in [0.2, 0.25) is 0 Å². The van der Waals surface area contributed by atoms with Crippen molar-refractivity contribution in [3.8, 4) is 22.6 Å². The Morgan fingerprint density at radius 2 is 1.69 bits per heavy atom. The van der Waals surface area contributed by atoms with E-state index in [1.54, 1.807) is 13.2 Å². The van der Waals surface area contributed by atoms with E-state index < -0.39 is 11.6 Å². The van der Waals surface area contributed by atoms with E-state index >= 15 is 0 Å². The average molecular weight is 491 g/mol. The van der Waals surface area contributed by atoms with Gasteiger partial charge in [-0.2, -0.15) is 0 Å². The first-order valence-electron chi connectivity index (χ1n) is 11.5. The molecule has 0 radical (unpaired) electrons. The topological polar surface area (TPSA) is 103 Å². The SMILES string of the molecule is COOC(C)(C)c1ccc(Oc2c(C)cc(C)cc2C)c(-c2cn(C)c(=O)c3[nH]c(C(=O)O)cc23)c1. The van der Waals surface area contributed by atoms with E-state index in [2.05, 4.69) is 17.1 Å². The van der Waals surface area contributed by atoms with Gasteiger partial charge in [0, 0.05) is 29.8 Å². The van der Waals surface area contributed by atoms with Gasteiger partial charge in [-0.3, -0.25) is 4.79 Å². The third-order valence-electron chi connectivity index (χ3n) is 6.27. The number of fused-ring (bicyclic) bond motifs is 1. The van der Waals surface area contributed by atoms with Crippen molar-refractivity contribution in [2.45, 2.75) is 40.2 Å². The molecule has 8 heteroatoms. The van der Waals surface area contributed by atoms with Gasteiger partial charge in [-0.25, -0.2) is 14.6 Å². The van der Waals surface area contributed by atoms with Crippen LogP contribution < -0.4 is 10.3 Å². The Balaban J connectivity index is 2.02. The number of benzene rings is 2. The molecule has 0 saturated carbocycles. The molecule has 0 aliphatic rings. The molecule has 4 aromatic rings. The first kappa shape index (κ1) is 25.2. The van der Waals surface area contributed by atoms with Crippen LogP contribution in [0.4, 0.5) is 0 Å². The molecule has 0 atom stereocenters. The van der Waals surface area contributed by atoms with Gasteiger partial charge in [0.05, 0.1) is 7.11 Å². The lowest BCUT2D eigenvalue weighted by Crippen LogP contribution is -2.21. The summed E-state index contributed by atoms with van der Waals surface area (Å²) in [7, 11) is 3.08. The van der Waals surface area contributed by atoms with Crippen LogP contribution in [-0.2, 0) is 22.4 Å². The van der Waals surface area contributed by atoms with Crippen LogP contribution in [0.25, 0.3) is 22.0 Å². The van der Waals surface area contributed by atoms with Gasteiger partial charge in [-0.1, -0.05) is 23.8 Å². The minimum Gasteiger partial charge on any atom is -0.477 e. The smallest absolute Gasteiger partial charge is 0.352 e. The summed E-state index contributed by atoms with van der Waals surface area (Å²) < 4.78 is 7.92. The predicted octanol–water partition coefficient (Wildman–Crippen LogP) is 5.76. The molecule has 188 valence electrons. The number of nitrogens with zero attached hydrogens (tertiary/aromatic N) is 1. The molecule has 0 saturated heterocycles. The summed E-state index contributed by atoms with van der Waals surface area (Å²) in [5.41, 5.74) is 4.27. The van der Waals surface area contributed by atoms with Crippen LogP contribution in [0.1, 0.15) is 46.6 Å². The number of ether oxygens (including phenoxy) is 1. The maximum absolute atomic E-state index is 12.8. The molecule has 0 aliphatic carbocycles. The summed E-state index contributed by atoms with van der Waals surface area (Å²) in [5, 5.41) is 10.0. The first-order valence-corrected chi connectivity index (χ1v) is 11.5. The maximum Gasteiger partial charge on any atom is 0.352 e. The van der Waals surface area contributed by atoms with E-state index in [9.17, 15) is 14.7 Å². The van der Waals surface area contributed by atoms with Crippen molar-refractivity contribution in [1.82, 2.24) is 9.55 Å². The molecule has 0 fully saturated rings. The summed E-state index contributed by atoms with van der Waals surface area (Å²) in [5.74, 6) is 0.147. The maximum atomic E-state index is 12.8. The van der Waals surface area contributed by atoms with E-state index in [4.69, 9.17) is 14.5 Å². The highest BCUT2D eigenvalue weighted by molar-refractivity contribution is 6.01. The lowest BCUT2D eigenvalue weighted by Gasteiger charge is -2.25. The van der Waals surface area contributed by atoms with Crippen molar-refractivity contribution in [1.29, 1.82) is 0 Å². The highest BCUT2D eigenvalue weighted by Crippen LogP contribution is 2.41. The van der Waals surface area contributed by atoms with Gasteiger partial charge in [0.25, 0.3) is 5.56 Å². The fourth-order valence-electron chi connectivity index (χ4n) is 4.56. The normalized spacial score (nSPS) is 11.8. The molecule has 36 heavy (non-hydrogen) atoms. The zero-order valence-corrected chi connectivity index (χ0v) is 21.5. The Kier molecular flexibility index (Phi) is 6.51. The number of aromatic carboxylic acids is 1. The van der Waals surface area contributed by atoms with Crippen molar-refractivity contribution in [2.75, 3.05) is 7.11 Å². The molecule has 2 aromatic heterocycles. The number of carbonyl (C=O) groups is 1. The Hall–Kier alpha value is -3.88. The van der Waals surface area contributed by atoms with Crippen LogP contribution >= 0.6 is 0 Å². The summed E-state index contributed by atoms with van der Waals surface area (Å²) in [4.78, 5) is 37.7. The van der Waals surface area contributed by atoms with Gasteiger partial charge in [0.2, 0.25) is 0 Å². The van der Waals surface area contributed by atoms with Crippen LogP contribution in [0.15, 0.2) is 47.4 Å². The molecule has 0 amide bonds. The van der Waals surface area contributed by atoms with Crippen molar-refractivity contribution in [2.24, 2.45) is 7.05 Å². The standard InChI is InChI=1S/C28H30N2O6/c1-15-10-16(2)25(17(3)11-15)35-23-9-8-18(28(4,5)36-34-7)12-19(23)21-14-30(6)26(31)24-20(21)13-22(29-24)27(32)33/h8-14,29H,1-7H3,(H,32,33). The highest BCUT2D eigenvalue weighted by atomic mass is 17.2. The number of rotatable bonds is 7. The van der Waals surface area contributed by atoms with Gasteiger partial charge in [0.15, 0.2) is 0 Å². The Morgan fingerprint density at radius 3 is 2.31 bits per heavy atom. The number of aryl methyl sites for hydroxylation is 4. The molecule has 2 N–H and O–H groups in total. The number of nitrogens with one attached hydrogen (secondary N) is 1. The fourth-order valence-corrected chi connectivity index (χ4v) is 4.56. The van der Waals surface area contributed by atoms with Crippen LogP contribution in [0.5, 0.6) is 11.5 Å². The number of pyridine rings is 1. The third-order valence-corrected chi connectivity index (χ3v) is 6.27. The molecule has 8 nitrogen and oxygen atoms in total. The van der Waals surface area contributed by atoms with Gasteiger partial charge >= 0.3 is 5.97 Å². The van der Waals surface area contributed by atoms with Crippen molar-refractivity contribution < 1.29 is 24.4 Å². The van der Waals surface area contributed by atoms with Gasteiger partial charge in [0.1, 0.15) is 28.3 Å².